The molecule has 8 aromatic carbocycles. The highest BCUT2D eigenvalue weighted by atomic mass is 16.3. The van der Waals surface area contributed by atoms with Crippen molar-refractivity contribution >= 4 is 71.3 Å². The van der Waals surface area contributed by atoms with Gasteiger partial charge in [-0.25, -0.2) is 0 Å². The molecule has 0 aliphatic rings. The molecule has 0 amide bonds. The van der Waals surface area contributed by atoms with E-state index in [1.165, 1.54) is 43.4 Å². The summed E-state index contributed by atoms with van der Waals surface area (Å²) in [6, 6.07) is 58.6. The van der Waals surface area contributed by atoms with Crippen LogP contribution in [-0.2, 0) is 0 Å². The van der Waals surface area contributed by atoms with Crippen LogP contribution in [0.4, 0.5) is 17.1 Å². The lowest BCUT2D eigenvalue weighted by Gasteiger charge is -2.26. The standard InChI is InChI=1S/C42H27NO/c1-2-10-32-26-33(19-16-28(32)8-1)29-20-23-34(24-21-29)43(40-14-7-13-38-37-12-5-6-15-41(37)44-42(38)40)35-25-22-31-18-17-30-9-3-4-11-36(30)39(31)27-35/h1-27H. The zero-order valence-electron chi connectivity index (χ0n) is 23.9. The van der Waals surface area contributed by atoms with Crippen molar-refractivity contribution < 1.29 is 4.42 Å². The Labute approximate surface area is 255 Å². The molecule has 1 aromatic heterocycles. The smallest absolute Gasteiger partial charge is 0.159 e. The number of hydrogen-bond acceptors (Lipinski definition) is 2. The van der Waals surface area contributed by atoms with Gasteiger partial charge in [0.1, 0.15) is 5.58 Å². The largest absolute Gasteiger partial charge is 0.454 e. The van der Waals surface area contributed by atoms with Crippen molar-refractivity contribution in [3.8, 4) is 11.1 Å². The van der Waals surface area contributed by atoms with Crippen LogP contribution in [0.2, 0.25) is 0 Å². The van der Waals surface area contributed by atoms with E-state index in [2.05, 4.69) is 157 Å². The number of benzene rings is 8. The minimum absolute atomic E-state index is 0.880. The number of hydrogen-bond donors (Lipinski definition) is 0. The summed E-state index contributed by atoms with van der Waals surface area (Å²) in [5.41, 5.74) is 7.33. The first kappa shape index (κ1) is 24.7. The average Bonchev–Trinajstić information content (AvgIpc) is 3.48. The van der Waals surface area contributed by atoms with Crippen LogP contribution in [0.25, 0.3) is 65.4 Å². The zero-order chi connectivity index (χ0) is 29.0. The Morgan fingerprint density at radius 3 is 1.84 bits per heavy atom. The van der Waals surface area contributed by atoms with E-state index in [9.17, 15) is 0 Å². The molecule has 9 rings (SSSR count). The van der Waals surface area contributed by atoms with Gasteiger partial charge in [-0.05, 0) is 85.9 Å². The summed E-state index contributed by atoms with van der Waals surface area (Å²) in [4.78, 5) is 2.33. The van der Waals surface area contributed by atoms with Crippen LogP contribution in [0, 0.1) is 0 Å². The molecular formula is C42H27NO. The van der Waals surface area contributed by atoms with Gasteiger partial charge in [-0.2, -0.15) is 0 Å². The molecule has 0 fully saturated rings. The van der Waals surface area contributed by atoms with Crippen molar-refractivity contribution in [3.05, 3.63) is 164 Å². The zero-order valence-corrected chi connectivity index (χ0v) is 23.9. The van der Waals surface area contributed by atoms with Gasteiger partial charge in [0.25, 0.3) is 0 Å². The fourth-order valence-electron chi connectivity index (χ4n) is 6.64. The number of furan rings is 1. The molecule has 44 heavy (non-hydrogen) atoms. The minimum Gasteiger partial charge on any atom is -0.454 e. The third-order valence-electron chi connectivity index (χ3n) is 8.82. The Morgan fingerprint density at radius 2 is 0.977 bits per heavy atom. The lowest BCUT2D eigenvalue weighted by atomic mass is 10.00. The molecule has 0 aliphatic heterocycles. The number of para-hydroxylation sites is 2. The Balaban J connectivity index is 1.25. The molecule has 0 saturated heterocycles. The summed E-state index contributed by atoms with van der Waals surface area (Å²) in [5, 5.41) is 9.68. The Bertz CT molecular complexity index is 2500. The highest BCUT2D eigenvalue weighted by molar-refractivity contribution is 6.12. The third-order valence-corrected chi connectivity index (χ3v) is 8.82. The molecule has 0 unspecified atom stereocenters. The van der Waals surface area contributed by atoms with Crippen molar-refractivity contribution in [2.24, 2.45) is 0 Å². The molecule has 0 aliphatic carbocycles. The van der Waals surface area contributed by atoms with Gasteiger partial charge in [-0.1, -0.05) is 121 Å². The highest BCUT2D eigenvalue weighted by Crippen LogP contribution is 2.43. The Kier molecular flexibility index (Phi) is 5.54. The van der Waals surface area contributed by atoms with Crippen molar-refractivity contribution in [2.45, 2.75) is 0 Å². The molecule has 0 N–H and O–H groups in total. The van der Waals surface area contributed by atoms with Gasteiger partial charge in [0.05, 0.1) is 5.69 Å². The molecule has 0 spiro atoms. The van der Waals surface area contributed by atoms with E-state index in [-0.39, 0.29) is 0 Å². The van der Waals surface area contributed by atoms with Crippen molar-refractivity contribution in [1.29, 1.82) is 0 Å². The van der Waals surface area contributed by atoms with Gasteiger partial charge in [-0.15, -0.1) is 0 Å². The predicted octanol–water partition coefficient (Wildman–Crippen LogP) is 12.2. The average molecular weight is 562 g/mol. The van der Waals surface area contributed by atoms with Gasteiger partial charge in [0.2, 0.25) is 0 Å². The monoisotopic (exact) mass is 561 g/mol. The normalized spacial score (nSPS) is 11.6. The van der Waals surface area contributed by atoms with E-state index in [4.69, 9.17) is 4.42 Å². The van der Waals surface area contributed by atoms with Crippen LogP contribution >= 0.6 is 0 Å². The Morgan fingerprint density at radius 1 is 0.364 bits per heavy atom. The molecule has 0 radical (unpaired) electrons. The summed E-state index contributed by atoms with van der Waals surface area (Å²) < 4.78 is 6.56. The van der Waals surface area contributed by atoms with Crippen LogP contribution in [0.15, 0.2) is 168 Å². The summed E-state index contributed by atoms with van der Waals surface area (Å²) in [6.45, 7) is 0. The van der Waals surface area contributed by atoms with E-state index < -0.39 is 0 Å². The first-order valence-corrected chi connectivity index (χ1v) is 15.0. The molecule has 0 bridgehead atoms. The first-order chi connectivity index (χ1) is 21.8. The highest BCUT2D eigenvalue weighted by Gasteiger charge is 2.20. The van der Waals surface area contributed by atoms with Crippen molar-refractivity contribution in [1.82, 2.24) is 0 Å². The second-order valence-corrected chi connectivity index (χ2v) is 11.4. The summed E-state index contributed by atoms with van der Waals surface area (Å²) in [5.74, 6) is 0. The molecule has 1 heterocycles. The summed E-state index contributed by atoms with van der Waals surface area (Å²) >= 11 is 0. The summed E-state index contributed by atoms with van der Waals surface area (Å²) in [7, 11) is 0. The minimum atomic E-state index is 0.880. The van der Waals surface area contributed by atoms with E-state index in [1.807, 2.05) is 12.1 Å². The topological polar surface area (TPSA) is 16.4 Å². The molecule has 0 saturated carbocycles. The van der Waals surface area contributed by atoms with Crippen LogP contribution in [-0.4, -0.2) is 0 Å². The number of fused-ring (bicyclic) bond motifs is 7. The maximum Gasteiger partial charge on any atom is 0.159 e. The van der Waals surface area contributed by atoms with Gasteiger partial charge < -0.3 is 9.32 Å². The van der Waals surface area contributed by atoms with Gasteiger partial charge in [0.15, 0.2) is 5.58 Å². The molecule has 206 valence electrons. The van der Waals surface area contributed by atoms with Crippen LogP contribution in [0.1, 0.15) is 0 Å². The summed E-state index contributed by atoms with van der Waals surface area (Å²) in [6.07, 6.45) is 0. The number of anilines is 3. The van der Waals surface area contributed by atoms with Crippen LogP contribution in [0.3, 0.4) is 0 Å². The van der Waals surface area contributed by atoms with Gasteiger partial charge in [0, 0.05) is 22.1 Å². The quantitative estimate of drug-likeness (QED) is 0.199. The van der Waals surface area contributed by atoms with Gasteiger partial charge >= 0.3 is 0 Å². The second kappa shape index (κ2) is 9.86. The second-order valence-electron chi connectivity index (χ2n) is 11.4. The lowest BCUT2D eigenvalue weighted by Crippen LogP contribution is -2.10. The molecule has 0 atom stereocenters. The molecule has 2 heteroatoms. The maximum atomic E-state index is 6.56. The van der Waals surface area contributed by atoms with E-state index in [0.29, 0.717) is 0 Å². The number of rotatable bonds is 4. The molecule has 9 aromatic rings. The fraction of sp³-hybridized carbons (Fsp3) is 0. The Hall–Kier alpha value is -5.86. The van der Waals surface area contributed by atoms with Crippen LogP contribution in [0.5, 0.6) is 0 Å². The predicted molar refractivity (Wildman–Crippen MR) is 186 cm³/mol. The SMILES string of the molecule is c1ccc2cc(-c3ccc(N(c4ccc5ccc6ccccc6c5c4)c4cccc5c4oc4ccccc45)cc3)ccc2c1. The maximum absolute atomic E-state index is 6.56. The molecule has 2 nitrogen and oxygen atoms in total. The molecular weight excluding hydrogens is 534 g/mol. The van der Waals surface area contributed by atoms with Crippen molar-refractivity contribution in [2.75, 3.05) is 4.90 Å². The van der Waals surface area contributed by atoms with Crippen molar-refractivity contribution in [3.63, 3.8) is 0 Å². The van der Waals surface area contributed by atoms with Gasteiger partial charge in [-0.3, -0.25) is 0 Å². The first-order valence-electron chi connectivity index (χ1n) is 15.0. The van der Waals surface area contributed by atoms with E-state index >= 15 is 0 Å². The van der Waals surface area contributed by atoms with E-state index in [0.717, 1.165) is 39.0 Å². The number of nitrogens with zero attached hydrogens (tertiary/aromatic N) is 1. The fourth-order valence-corrected chi connectivity index (χ4v) is 6.64. The van der Waals surface area contributed by atoms with Crippen LogP contribution < -0.4 is 4.90 Å². The third kappa shape index (κ3) is 3.96. The van der Waals surface area contributed by atoms with E-state index in [1.54, 1.807) is 0 Å². The lowest BCUT2D eigenvalue weighted by molar-refractivity contribution is 0.669.